The summed E-state index contributed by atoms with van der Waals surface area (Å²) in [5.74, 6) is 1.91. The fourth-order valence-corrected chi connectivity index (χ4v) is 5.92. The van der Waals surface area contributed by atoms with E-state index in [9.17, 15) is 4.79 Å². The van der Waals surface area contributed by atoms with E-state index < -0.39 is 6.04 Å². The van der Waals surface area contributed by atoms with Crippen LogP contribution < -0.4 is 15.4 Å². The molecule has 0 unspecified atom stereocenters. The van der Waals surface area contributed by atoms with Gasteiger partial charge in [-0.2, -0.15) is 4.98 Å². The van der Waals surface area contributed by atoms with Gasteiger partial charge in [-0.25, -0.2) is 4.68 Å². The maximum absolute atomic E-state index is 13.7. The van der Waals surface area contributed by atoms with Gasteiger partial charge in [0, 0.05) is 22.0 Å². The topological polar surface area (TPSA) is 81.1 Å². The van der Waals surface area contributed by atoms with Gasteiger partial charge in [-0.1, -0.05) is 47.7 Å². The second-order valence-electron chi connectivity index (χ2n) is 9.40. The molecular weight excluding hydrogens is 526 g/mol. The summed E-state index contributed by atoms with van der Waals surface area (Å²) in [7, 11) is 1.62. The number of aromatic nitrogens is 3. The molecule has 1 aliphatic heterocycles. The Bertz CT molecular complexity index is 1530. The number of carbonyl (C=O) groups is 1. The predicted molar refractivity (Wildman–Crippen MR) is 160 cm³/mol. The van der Waals surface area contributed by atoms with Gasteiger partial charge in [0.25, 0.3) is 5.91 Å². The van der Waals surface area contributed by atoms with E-state index in [0.29, 0.717) is 22.4 Å². The molecule has 2 heterocycles. The first-order chi connectivity index (χ1) is 18.9. The molecule has 39 heavy (non-hydrogen) atoms. The molecule has 0 fully saturated rings. The second kappa shape index (κ2) is 11.6. The van der Waals surface area contributed by atoms with E-state index in [1.807, 2.05) is 42.1 Å². The molecule has 1 atom stereocenters. The lowest BCUT2D eigenvalue weighted by atomic mass is 9.95. The van der Waals surface area contributed by atoms with Gasteiger partial charge in [0.2, 0.25) is 11.1 Å². The average Bonchev–Trinajstić information content (AvgIpc) is 3.34. The summed E-state index contributed by atoms with van der Waals surface area (Å²) in [6.45, 7) is 6.14. The lowest BCUT2D eigenvalue weighted by Crippen LogP contribution is -2.31. The van der Waals surface area contributed by atoms with Crippen molar-refractivity contribution in [2.75, 3.05) is 24.0 Å². The van der Waals surface area contributed by atoms with E-state index in [0.717, 1.165) is 27.7 Å². The number of rotatable bonds is 8. The molecule has 0 radical (unpaired) electrons. The number of hydrogen-bond donors (Lipinski definition) is 2. The van der Waals surface area contributed by atoms with Gasteiger partial charge in [-0.15, -0.1) is 16.9 Å². The van der Waals surface area contributed by atoms with E-state index in [1.54, 1.807) is 30.6 Å². The van der Waals surface area contributed by atoms with Crippen molar-refractivity contribution in [3.8, 4) is 5.75 Å². The average molecular weight is 558 g/mol. The monoisotopic (exact) mass is 557 g/mol. The molecule has 200 valence electrons. The van der Waals surface area contributed by atoms with Crippen LogP contribution in [0.25, 0.3) is 0 Å². The highest BCUT2D eigenvalue weighted by Crippen LogP contribution is 2.37. The first-order valence-corrected chi connectivity index (χ1v) is 14.8. The summed E-state index contributed by atoms with van der Waals surface area (Å²) >= 11 is 3.27. The predicted octanol–water partition coefficient (Wildman–Crippen LogP) is 6.85. The van der Waals surface area contributed by atoms with Gasteiger partial charge in [0.15, 0.2) is 0 Å². The molecule has 7 nitrogen and oxygen atoms in total. The first-order valence-electron chi connectivity index (χ1n) is 12.6. The van der Waals surface area contributed by atoms with Crippen LogP contribution in [0.2, 0.25) is 0 Å². The van der Waals surface area contributed by atoms with Crippen LogP contribution in [-0.2, 0) is 10.5 Å². The number of methoxy groups -OCH3 is 1. The summed E-state index contributed by atoms with van der Waals surface area (Å²) in [6, 6.07) is 21.6. The molecule has 4 aromatic rings. The summed E-state index contributed by atoms with van der Waals surface area (Å²) in [4.78, 5) is 19.7. The van der Waals surface area contributed by atoms with Gasteiger partial charge >= 0.3 is 0 Å². The zero-order valence-electron chi connectivity index (χ0n) is 22.6. The Kier molecular flexibility index (Phi) is 7.99. The smallest absolute Gasteiger partial charge is 0.255 e. The van der Waals surface area contributed by atoms with Crippen LogP contribution in [-0.4, -0.2) is 34.0 Å². The highest BCUT2D eigenvalue weighted by molar-refractivity contribution is 7.98. The molecule has 9 heteroatoms. The van der Waals surface area contributed by atoms with Gasteiger partial charge in [0.05, 0.1) is 12.7 Å². The molecule has 0 bridgehead atoms. The van der Waals surface area contributed by atoms with Gasteiger partial charge < -0.3 is 15.4 Å². The summed E-state index contributed by atoms with van der Waals surface area (Å²) in [5.41, 5.74) is 6.74. The SMILES string of the molecule is COc1ccc(NC(=O)C2=C(C)Nc3nc(SCc4ccc(C)cc4C)nn3[C@@H]2c2ccc(SC)cc2)cc1. The number of benzene rings is 3. The van der Waals surface area contributed by atoms with Crippen molar-refractivity contribution in [2.45, 2.75) is 42.6 Å². The third-order valence-electron chi connectivity index (χ3n) is 6.71. The number of nitrogens with zero attached hydrogens (tertiary/aromatic N) is 3. The number of ether oxygens (including phenoxy) is 1. The van der Waals surface area contributed by atoms with Crippen molar-refractivity contribution in [2.24, 2.45) is 0 Å². The van der Waals surface area contributed by atoms with Crippen molar-refractivity contribution >= 4 is 41.1 Å². The maximum Gasteiger partial charge on any atom is 0.255 e. The number of amides is 1. The molecular formula is C30H31N5O2S2. The number of allylic oxidation sites excluding steroid dienone is 1. The fraction of sp³-hybridized carbons (Fsp3) is 0.233. The lowest BCUT2D eigenvalue weighted by molar-refractivity contribution is -0.113. The Hall–Kier alpha value is -3.69. The molecule has 5 rings (SSSR count). The number of thioether (sulfide) groups is 2. The standard InChI is InChI=1S/C30H31N5O2S2/c1-18-6-7-22(19(2)16-18)17-39-30-33-29-31-20(3)26(28(36)32-23-10-12-24(37-4)13-11-23)27(35(29)34-30)21-8-14-25(38-5)15-9-21/h6-16,27H,17H2,1-5H3,(H,32,36)(H,31,33,34)/t27-/m1/s1. The minimum absolute atomic E-state index is 0.199. The van der Waals surface area contributed by atoms with E-state index in [-0.39, 0.29) is 5.91 Å². The highest BCUT2D eigenvalue weighted by atomic mass is 32.2. The molecule has 0 saturated heterocycles. The van der Waals surface area contributed by atoms with Crippen molar-refractivity contribution in [1.82, 2.24) is 14.8 Å². The Balaban J connectivity index is 1.47. The Morgan fingerprint density at radius 2 is 1.79 bits per heavy atom. The van der Waals surface area contributed by atoms with Gasteiger partial charge in [0.1, 0.15) is 11.8 Å². The van der Waals surface area contributed by atoms with Crippen molar-refractivity contribution in [3.63, 3.8) is 0 Å². The van der Waals surface area contributed by atoms with Crippen molar-refractivity contribution < 1.29 is 9.53 Å². The van der Waals surface area contributed by atoms with E-state index >= 15 is 0 Å². The third kappa shape index (κ3) is 5.84. The number of carbonyl (C=O) groups excluding carboxylic acids is 1. The van der Waals surface area contributed by atoms with Gasteiger partial charge in [-0.05, 0) is 80.1 Å². The molecule has 3 aromatic carbocycles. The lowest BCUT2D eigenvalue weighted by Gasteiger charge is -2.28. The van der Waals surface area contributed by atoms with Crippen LogP contribution in [0.15, 0.2) is 88.1 Å². The van der Waals surface area contributed by atoms with E-state index in [1.165, 1.54) is 16.7 Å². The van der Waals surface area contributed by atoms with Crippen LogP contribution in [0.3, 0.4) is 0 Å². The Labute approximate surface area is 237 Å². The number of anilines is 2. The summed E-state index contributed by atoms with van der Waals surface area (Å²) < 4.78 is 7.08. The van der Waals surface area contributed by atoms with E-state index in [4.69, 9.17) is 14.8 Å². The molecule has 0 saturated carbocycles. The number of aryl methyl sites for hydroxylation is 2. The quantitative estimate of drug-likeness (QED) is 0.229. The minimum atomic E-state index is -0.432. The molecule has 1 aromatic heterocycles. The second-order valence-corrected chi connectivity index (χ2v) is 11.2. The normalized spacial score (nSPS) is 14.5. The summed E-state index contributed by atoms with van der Waals surface area (Å²) in [5, 5.41) is 11.9. The fourth-order valence-electron chi connectivity index (χ4n) is 4.60. The molecule has 1 aliphatic rings. The first kappa shape index (κ1) is 26.9. The van der Waals surface area contributed by atoms with Crippen LogP contribution in [0.5, 0.6) is 5.75 Å². The number of nitrogens with one attached hydrogen (secondary N) is 2. The van der Waals surface area contributed by atoms with E-state index in [2.05, 4.69) is 66.9 Å². The third-order valence-corrected chi connectivity index (χ3v) is 8.34. The van der Waals surface area contributed by atoms with Crippen LogP contribution in [0, 0.1) is 13.8 Å². The zero-order valence-corrected chi connectivity index (χ0v) is 24.2. The summed E-state index contributed by atoms with van der Waals surface area (Å²) in [6.07, 6.45) is 2.05. The van der Waals surface area contributed by atoms with Crippen LogP contribution >= 0.6 is 23.5 Å². The molecule has 1 amide bonds. The maximum atomic E-state index is 13.7. The Morgan fingerprint density at radius 1 is 1.05 bits per heavy atom. The van der Waals surface area contributed by atoms with Crippen LogP contribution in [0.1, 0.15) is 35.2 Å². The largest absolute Gasteiger partial charge is 0.497 e. The molecule has 0 aliphatic carbocycles. The molecule has 0 spiro atoms. The van der Waals surface area contributed by atoms with Crippen LogP contribution in [0.4, 0.5) is 11.6 Å². The van der Waals surface area contributed by atoms with Crippen molar-refractivity contribution in [1.29, 1.82) is 0 Å². The number of hydrogen-bond acceptors (Lipinski definition) is 7. The minimum Gasteiger partial charge on any atom is -0.497 e. The molecule has 2 N–H and O–H groups in total. The van der Waals surface area contributed by atoms with Crippen molar-refractivity contribution in [3.05, 3.63) is 100 Å². The Morgan fingerprint density at radius 3 is 2.46 bits per heavy atom. The highest BCUT2D eigenvalue weighted by Gasteiger charge is 2.34. The number of fused-ring (bicyclic) bond motifs is 1. The van der Waals surface area contributed by atoms with Gasteiger partial charge in [-0.3, -0.25) is 4.79 Å². The zero-order chi connectivity index (χ0) is 27.5.